The molecule has 1 aliphatic carbocycles. The zero-order valence-corrected chi connectivity index (χ0v) is 13.2. The van der Waals surface area contributed by atoms with Crippen LogP contribution in [0.2, 0.25) is 5.02 Å². The fourth-order valence-electron chi connectivity index (χ4n) is 2.28. The van der Waals surface area contributed by atoms with E-state index in [2.05, 4.69) is 18.3 Å². The highest BCUT2D eigenvalue weighted by molar-refractivity contribution is 6.32. The molecular weight excluding hydrogens is 270 g/mol. The molecule has 2 nitrogen and oxygen atoms in total. The lowest BCUT2D eigenvalue weighted by Crippen LogP contribution is -2.16. The number of hydrogen-bond acceptors (Lipinski definition) is 2. The Labute approximate surface area is 127 Å². The highest BCUT2D eigenvalue weighted by Crippen LogP contribution is 2.30. The highest BCUT2D eigenvalue weighted by Gasteiger charge is 2.21. The highest BCUT2D eigenvalue weighted by atomic mass is 35.5. The average Bonchev–Trinajstić information content (AvgIpc) is 3.26. The number of unbranched alkanes of at least 4 members (excludes halogenated alkanes) is 4. The number of para-hydroxylation sites is 1. The van der Waals surface area contributed by atoms with E-state index in [0.717, 1.165) is 30.3 Å². The predicted molar refractivity (Wildman–Crippen MR) is 85.6 cm³/mol. The Morgan fingerprint density at radius 1 is 1.20 bits per heavy atom. The molecule has 0 saturated heterocycles. The molecule has 1 aliphatic rings. The molecule has 0 atom stereocenters. The van der Waals surface area contributed by atoms with E-state index in [4.69, 9.17) is 16.3 Å². The van der Waals surface area contributed by atoms with Crippen molar-refractivity contribution in [3.63, 3.8) is 0 Å². The van der Waals surface area contributed by atoms with Crippen molar-refractivity contribution in [1.82, 2.24) is 5.32 Å². The molecule has 0 heterocycles. The molecule has 0 bridgehead atoms. The summed E-state index contributed by atoms with van der Waals surface area (Å²) in [6.45, 7) is 3.86. The van der Waals surface area contributed by atoms with Crippen molar-refractivity contribution in [1.29, 1.82) is 0 Å². The van der Waals surface area contributed by atoms with Crippen LogP contribution in [0.25, 0.3) is 0 Å². The molecule has 0 amide bonds. The number of nitrogens with one attached hydrogen (secondary N) is 1. The van der Waals surface area contributed by atoms with Crippen LogP contribution in [0, 0.1) is 0 Å². The number of halogens is 1. The van der Waals surface area contributed by atoms with E-state index < -0.39 is 0 Å². The second kappa shape index (κ2) is 8.53. The van der Waals surface area contributed by atoms with Crippen molar-refractivity contribution < 1.29 is 4.74 Å². The largest absolute Gasteiger partial charge is 0.492 e. The van der Waals surface area contributed by atoms with Crippen molar-refractivity contribution in [3.05, 3.63) is 28.8 Å². The van der Waals surface area contributed by atoms with Crippen LogP contribution in [0.5, 0.6) is 5.75 Å². The van der Waals surface area contributed by atoms with E-state index in [1.54, 1.807) is 0 Å². The molecule has 0 aliphatic heterocycles. The summed E-state index contributed by atoms with van der Waals surface area (Å²) in [4.78, 5) is 0. The van der Waals surface area contributed by atoms with Gasteiger partial charge in [-0.1, -0.05) is 56.3 Å². The summed E-state index contributed by atoms with van der Waals surface area (Å²) >= 11 is 6.27. The van der Waals surface area contributed by atoms with Crippen molar-refractivity contribution in [2.24, 2.45) is 0 Å². The summed E-state index contributed by atoms with van der Waals surface area (Å²) in [5.74, 6) is 0.873. The van der Waals surface area contributed by atoms with Crippen LogP contribution in [0.4, 0.5) is 0 Å². The van der Waals surface area contributed by atoms with Gasteiger partial charge >= 0.3 is 0 Å². The number of ether oxygens (including phenoxy) is 1. The fourth-order valence-corrected chi connectivity index (χ4v) is 2.52. The summed E-state index contributed by atoms with van der Waals surface area (Å²) in [7, 11) is 0. The molecule has 0 unspecified atom stereocenters. The second-order valence-corrected chi connectivity index (χ2v) is 6.05. The van der Waals surface area contributed by atoms with Crippen LogP contribution in [0.1, 0.15) is 57.4 Å². The Balaban J connectivity index is 1.78. The molecule has 20 heavy (non-hydrogen) atoms. The SMILES string of the molecule is CCCCCCCOc1c(Cl)cccc1CNC1CC1. The van der Waals surface area contributed by atoms with Crippen LogP contribution in [0.3, 0.4) is 0 Å². The third kappa shape index (κ3) is 5.34. The Morgan fingerprint density at radius 3 is 2.75 bits per heavy atom. The molecule has 1 saturated carbocycles. The van der Waals surface area contributed by atoms with Crippen molar-refractivity contribution in [3.8, 4) is 5.75 Å². The van der Waals surface area contributed by atoms with Crippen LogP contribution in [0.15, 0.2) is 18.2 Å². The van der Waals surface area contributed by atoms with Gasteiger partial charge in [-0.25, -0.2) is 0 Å². The summed E-state index contributed by atoms with van der Waals surface area (Å²) in [6.07, 6.45) is 8.86. The van der Waals surface area contributed by atoms with Gasteiger partial charge in [0, 0.05) is 18.2 Å². The maximum absolute atomic E-state index is 6.27. The van der Waals surface area contributed by atoms with Crippen LogP contribution in [-0.4, -0.2) is 12.6 Å². The van der Waals surface area contributed by atoms with E-state index in [-0.39, 0.29) is 0 Å². The topological polar surface area (TPSA) is 21.3 Å². The molecule has 0 spiro atoms. The fraction of sp³-hybridized carbons (Fsp3) is 0.647. The maximum atomic E-state index is 6.27. The second-order valence-electron chi connectivity index (χ2n) is 5.65. The van der Waals surface area contributed by atoms with E-state index in [9.17, 15) is 0 Å². The standard InChI is InChI=1S/C17H26ClNO/c1-2-3-4-5-6-12-20-17-14(8-7-9-16(17)18)13-19-15-10-11-15/h7-9,15,19H,2-6,10-13H2,1H3. The Kier molecular flexibility index (Phi) is 6.68. The first kappa shape index (κ1) is 15.7. The molecule has 0 radical (unpaired) electrons. The van der Waals surface area contributed by atoms with Gasteiger partial charge < -0.3 is 10.1 Å². The van der Waals surface area contributed by atoms with Crippen LogP contribution < -0.4 is 10.1 Å². The smallest absolute Gasteiger partial charge is 0.142 e. The van der Waals surface area contributed by atoms with Gasteiger partial charge in [-0.2, -0.15) is 0 Å². The normalized spacial score (nSPS) is 14.5. The number of benzene rings is 1. The first-order chi connectivity index (χ1) is 9.81. The zero-order chi connectivity index (χ0) is 14.2. The molecule has 112 valence electrons. The van der Waals surface area contributed by atoms with Gasteiger partial charge in [0.05, 0.1) is 11.6 Å². The van der Waals surface area contributed by atoms with Gasteiger partial charge in [0.1, 0.15) is 5.75 Å². The monoisotopic (exact) mass is 295 g/mol. The molecular formula is C17H26ClNO. The lowest BCUT2D eigenvalue weighted by atomic mass is 10.1. The summed E-state index contributed by atoms with van der Waals surface area (Å²) in [5.41, 5.74) is 1.18. The minimum Gasteiger partial charge on any atom is -0.492 e. The van der Waals surface area contributed by atoms with E-state index in [1.807, 2.05) is 12.1 Å². The predicted octanol–water partition coefficient (Wildman–Crippen LogP) is 4.94. The van der Waals surface area contributed by atoms with Gasteiger partial charge in [-0.15, -0.1) is 0 Å². The summed E-state index contributed by atoms with van der Waals surface area (Å²) in [5, 5.41) is 4.25. The third-order valence-electron chi connectivity index (χ3n) is 3.70. The van der Waals surface area contributed by atoms with Crippen molar-refractivity contribution >= 4 is 11.6 Å². The summed E-state index contributed by atoms with van der Waals surface area (Å²) < 4.78 is 5.93. The van der Waals surface area contributed by atoms with Gasteiger partial charge in [-0.3, -0.25) is 0 Å². The van der Waals surface area contributed by atoms with Gasteiger partial charge in [0.2, 0.25) is 0 Å². The average molecular weight is 296 g/mol. The molecule has 0 aromatic heterocycles. The van der Waals surface area contributed by atoms with E-state index in [1.165, 1.54) is 44.1 Å². The Bertz CT molecular complexity index is 404. The molecule has 1 N–H and O–H groups in total. The van der Waals surface area contributed by atoms with Crippen LogP contribution in [-0.2, 0) is 6.54 Å². The Hall–Kier alpha value is -0.730. The molecule has 3 heteroatoms. The maximum Gasteiger partial charge on any atom is 0.142 e. The summed E-state index contributed by atoms with van der Waals surface area (Å²) in [6, 6.07) is 6.72. The molecule has 1 aromatic carbocycles. The first-order valence-electron chi connectivity index (χ1n) is 7.95. The lowest BCUT2D eigenvalue weighted by Gasteiger charge is -2.13. The molecule has 1 fully saturated rings. The number of rotatable bonds is 10. The van der Waals surface area contributed by atoms with Gasteiger partial charge in [0.15, 0.2) is 0 Å². The van der Waals surface area contributed by atoms with Crippen molar-refractivity contribution in [2.75, 3.05) is 6.61 Å². The van der Waals surface area contributed by atoms with Crippen molar-refractivity contribution in [2.45, 2.75) is 64.5 Å². The zero-order valence-electron chi connectivity index (χ0n) is 12.5. The first-order valence-corrected chi connectivity index (χ1v) is 8.32. The minimum atomic E-state index is 0.705. The molecule has 1 aromatic rings. The number of hydrogen-bond donors (Lipinski definition) is 1. The minimum absolute atomic E-state index is 0.705. The quantitative estimate of drug-likeness (QED) is 0.617. The van der Waals surface area contributed by atoms with Gasteiger partial charge in [-0.05, 0) is 25.3 Å². The van der Waals surface area contributed by atoms with Gasteiger partial charge in [0.25, 0.3) is 0 Å². The van der Waals surface area contributed by atoms with E-state index >= 15 is 0 Å². The lowest BCUT2D eigenvalue weighted by molar-refractivity contribution is 0.301. The third-order valence-corrected chi connectivity index (χ3v) is 4.00. The van der Waals surface area contributed by atoms with Crippen LogP contribution >= 0.6 is 11.6 Å². The Morgan fingerprint density at radius 2 is 2.00 bits per heavy atom. The molecule has 2 rings (SSSR count). The van der Waals surface area contributed by atoms with E-state index in [0.29, 0.717) is 6.04 Å².